The van der Waals surface area contributed by atoms with Crippen molar-refractivity contribution < 1.29 is 4.74 Å². The molecular formula is C13H28N2O. The quantitative estimate of drug-likeness (QED) is 0.751. The molecule has 3 unspecified atom stereocenters. The van der Waals surface area contributed by atoms with Gasteiger partial charge in [-0.25, -0.2) is 0 Å². The molecule has 3 atom stereocenters. The molecule has 1 N–H and O–H groups in total. The van der Waals surface area contributed by atoms with E-state index < -0.39 is 0 Å². The standard InChI is InChI=1S/C13H28N2O/c1-10(2)15(11(3)12(4)16-5)9-13-7-6-8-14-13/h10-14H,6-9H2,1-5H3. The molecule has 3 heteroatoms. The summed E-state index contributed by atoms with van der Waals surface area (Å²) in [6.45, 7) is 11.3. The van der Waals surface area contributed by atoms with E-state index in [0.29, 0.717) is 24.2 Å². The van der Waals surface area contributed by atoms with Gasteiger partial charge in [0.05, 0.1) is 6.10 Å². The summed E-state index contributed by atoms with van der Waals surface area (Å²) < 4.78 is 5.45. The van der Waals surface area contributed by atoms with Crippen molar-refractivity contribution in [1.29, 1.82) is 0 Å². The van der Waals surface area contributed by atoms with E-state index in [1.807, 2.05) is 0 Å². The van der Waals surface area contributed by atoms with Crippen LogP contribution in [0.3, 0.4) is 0 Å². The normalized spacial score (nSPS) is 25.3. The Morgan fingerprint density at radius 2 is 2.00 bits per heavy atom. The Labute approximate surface area is 101 Å². The molecule has 1 rings (SSSR count). The monoisotopic (exact) mass is 228 g/mol. The Bertz CT molecular complexity index is 190. The second kappa shape index (κ2) is 6.58. The van der Waals surface area contributed by atoms with E-state index in [1.54, 1.807) is 7.11 Å². The van der Waals surface area contributed by atoms with Crippen LogP contribution in [0, 0.1) is 0 Å². The second-order valence-electron chi connectivity index (χ2n) is 5.27. The summed E-state index contributed by atoms with van der Waals surface area (Å²) in [7, 11) is 1.80. The van der Waals surface area contributed by atoms with Crippen molar-refractivity contribution in [3.05, 3.63) is 0 Å². The zero-order chi connectivity index (χ0) is 12.1. The molecule has 0 bridgehead atoms. The fraction of sp³-hybridized carbons (Fsp3) is 1.00. The number of nitrogens with one attached hydrogen (secondary N) is 1. The molecular weight excluding hydrogens is 200 g/mol. The minimum absolute atomic E-state index is 0.295. The Morgan fingerprint density at radius 3 is 2.44 bits per heavy atom. The lowest BCUT2D eigenvalue weighted by Crippen LogP contribution is -2.50. The summed E-state index contributed by atoms with van der Waals surface area (Å²) in [5.74, 6) is 0. The van der Waals surface area contributed by atoms with E-state index in [0.717, 1.165) is 6.54 Å². The van der Waals surface area contributed by atoms with Crippen LogP contribution < -0.4 is 5.32 Å². The highest BCUT2D eigenvalue weighted by Gasteiger charge is 2.26. The highest BCUT2D eigenvalue weighted by molar-refractivity contribution is 4.83. The molecule has 3 nitrogen and oxygen atoms in total. The number of ether oxygens (including phenoxy) is 1. The Hall–Kier alpha value is -0.120. The predicted molar refractivity (Wildman–Crippen MR) is 68.8 cm³/mol. The molecule has 16 heavy (non-hydrogen) atoms. The first kappa shape index (κ1) is 13.9. The first-order chi connectivity index (χ1) is 7.56. The van der Waals surface area contributed by atoms with Crippen molar-refractivity contribution in [2.24, 2.45) is 0 Å². The maximum Gasteiger partial charge on any atom is 0.0695 e. The van der Waals surface area contributed by atoms with Crippen LogP contribution in [0.4, 0.5) is 0 Å². The fourth-order valence-corrected chi connectivity index (χ4v) is 2.48. The zero-order valence-electron chi connectivity index (χ0n) is 11.5. The van der Waals surface area contributed by atoms with Gasteiger partial charge < -0.3 is 10.1 Å². The van der Waals surface area contributed by atoms with Crippen molar-refractivity contribution in [1.82, 2.24) is 10.2 Å². The van der Waals surface area contributed by atoms with E-state index in [-0.39, 0.29) is 0 Å². The highest BCUT2D eigenvalue weighted by atomic mass is 16.5. The van der Waals surface area contributed by atoms with Gasteiger partial charge in [-0.3, -0.25) is 4.90 Å². The second-order valence-corrected chi connectivity index (χ2v) is 5.27. The van der Waals surface area contributed by atoms with E-state index in [1.165, 1.54) is 19.4 Å². The van der Waals surface area contributed by atoms with Crippen LogP contribution in [-0.4, -0.2) is 49.3 Å². The van der Waals surface area contributed by atoms with Gasteiger partial charge in [0.2, 0.25) is 0 Å². The number of methoxy groups -OCH3 is 1. The minimum Gasteiger partial charge on any atom is -0.380 e. The van der Waals surface area contributed by atoms with Gasteiger partial charge in [0, 0.05) is 31.8 Å². The largest absolute Gasteiger partial charge is 0.380 e. The molecule has 1 fully saturated rings. The van der Waals surface area contributed by atoms with Crippen molar-refractivity contribution in [3.63, 3.8) is 0 Å². The van der Waals surface area contributed by atoms with Crippen LogP contribution in [0.1, 0.15) is 40.5 Å². The summed E-state index contributed by atoms with van der Waals surface area (Å²) in [4.78, 5) is 2.55. The lowest BCUT2D eigenvalue weighted by molar-refractivity contribution is 0.0165. The number of nitrogens with zero attached hydrogens (tertiary/aromatic N) is 1. The Morgan fingerprint density at radius 1 is 1.31 bits per heavy atom. The smallest absolute Gasteiger partial charge is 0.0695 e. The third-order valence-electron chi connectivity index (χ3n) is 3.83. The summed E-state index contributed by atoms with van der Waals surface area (Å²) in [6.07, 6.45) is 2.94. The third-order valence-corrected chi connectivity index (χ3v) is 3.83. The van der Waals surface area contributed by atoms with E-state index in [4.69, 9.17) is 4.74 Å². The van der Waals surface area contributed by atoms with Crippen LogP contribution in [0.2, 0.25) is 0 Å². The van der Waals surface area contributed by atoms with Gasteiger partial charge in [-0.15, -0.1) is 0 Å². The summed E-state index contributed by atoms with van der Waals surface area (Å²) >= 11 is 0. The van der Waals surface area contributed by atoms with Crippen LogP contribution in [0.25, 0.3) is 0 Å². The molecule has 0 amide bonds. The van der Waals surface area contributed by atoms with Crippen LogP contribution >= 0.6 is 0 Å². The van der Waals surface area contributed by atoms with Gasteiger partial charge in [-0.05, 0) is 47.1 Å². The number of rotatable bonds is 6. The van der Waals surface area contributed by atoms with Gasteiger partial charge in [0.25, 0.3) is 0 Å². The molecule has 1 saturated heterocycles. The van der Waals surface area contributed by atoms with Crippen molar-refractivity contribution >= 4 is 0 Å². The molecule has 0 aromatic heterocycles. The van der Waals surface area contributed by atoms with E-state index >= 15 is 0 Å². The van der Waals surface area contributed by atoms with Gasteiger partial charge in [-0.1, -0.05) is 0 Å². The maximum atomic E-state index is 5.45. The minimum atomic E-state index is 0.295. The zero-order valence-corrected chi connectivity index (χ0v) is 11.5. The summed E-state index contributed by atoms with van der Waals surface area (Å²) in [6, 6.07) is 1.73. The number of hydrogen-bond donors (Lipinski definition) is 1. The molecule has 1 aliphatic rings. The van der Waals surface area contributed by atoms with Crippen molar-refractivity contribution in [3.8, 4) is 0 Å². The lowest BCUT2D eigenvalue weighted by Gasteiger charge is -2.37. The van der Waals surface area contributed by atoms with E-state index in [9.17, 15) is 0 Å². The topological polar surface area (TPSA) is 24.5 Å². The first-order valence-electron chi connectivity index (χ1n) is 6.58. The lowest BCUT2D eigenvalue weighted by atomic mass is 10.1. The molecule has 1 aliphatic heterocycles. The van der Waals surface area contributed by atoms with Gasteiger partial charge in [0.1, 0.15) is 0 Å². The van der Waals surface area contributed by atoms with Gasteiger partial charge in [-0.2, -0.15) is 0 Å². The third kappa shape index (κ3) is 3.72. The van der Waals surface area contributed by atoms with Crippen LogP contribution in [0.5, 0.6) is 0 Å². The Kier molecular flexibility index (Phi) is 5.73. The molecule has 0 aliphatic carbocycles. The van der Waals surface area contributed by atoms with Crippen LogP contribution in [-0.2, 0) is 4.74 Å². The Balaban J connectivity index is 2.51. The SMILES string of the molecule is COC(C)C(C)N(CC1CCCN1)C(C)C. The summed E-state index contributed by atoms with van der Waals surface area (Å²) in [5, 5.41) is 3.57. The number of hydrogen-bond acceptors (Lipinski definition) is 3. The molecule has 1 heterocycles. The van der Waals surface area contributed by atoms with Gasteiger partial charge >= 0.3 is 0 Å². The molecule has 96 valence electrons. The highest BCUT2D eigenvalue weighted by Crippen LogP contribution is 2.15. The predicted octanol–water partition coefficient (Wildman–Crippen LogP) is 1.87. The van der Waals surface area contributed by atoms with Crippen LogP contribution in [0.15, 0.2) is 0 Å². The molecule has 0 spiro atoms. The molecule has 0 aromatic carbocycles. The fourth-order valence-electron chi connectivity index (χ4n) is 2.48. The molecule has 0 aromatic rings. The average molecular weight is 228 g/mol. The molecule has 0 radical (unpaired) electrons. The summed E-state index contributed by atoms with van der Waals surface area (Å²) in [5.41, 5.74) is 0. The van der Waals surface area contributed by atoms with Gasteiger partial charge in [0.15, 0.2) is 0 Å². The van der Waals surface area contributed by atoms with E-state index in [2.05, 4.69) is 37.9 Å². The van der Waals surface area contributed by atoms with Crippen molar-refractivity contribution in [2.45, 2.75) is 64.8 Å². The first-order valence-corrected chi connectivity index (χ1v) is 6.58. The van der Waals surface area contributed by atoms with Crippen molar-refractivity contribution in [2.75, 3.05) is 20.2 Å². The maximum absolute atomic E-state index is 5.45. The molecule has 0 saturated carbocycles. The average Bonchev–Trinajstić information content (AvgIpc) is 2.76.